The predicted molar refractivity (Wildman–Crippen MR) is 85.6 cm³/mol. The largest absolute Gasteiger partial charge is 0.384 e. The number of pyridine rings is 1. The van der Waals surface area contributed by atoms with E-state index in [1.807, 2.05) is 0 Å². The molecular weight excluding hydrogens is 262 g/mol. The molecule has 1 aliphatic heterocycles. The van der Waals surface area contributed by atoms with E-state index >= 15 is 0 Å². The Balaban J connectivity index is 1.78. The Hall–Kier alpha value is -1.13. The molecule has 1 fully saturated rings. The summed E-state index contributed by atoms with van der Waals surface area (Å²) in [5.41, 5.74) is 9.94. The van der Waals surface area contributed by atoms with Gasteiger partial charge in [0.15, 0.2) is 0 Å². The highest BCUT2D eigenvalue weighted by molar-refractivity contribution is 5.51. The van der Waals surface area contributed by atoms with Crippen molar-refractivity contribution in [3.8, 4) is 0 Å². The highest BCUT2D eigenvalue weighted by atomic mass is 16.5. The maximum Gasteiger partial charge on any atom is 0.133 e. The number of nitrogens with two attached hydrogens (primary N) is 1. The Morgan fingerprint density at radius 1 is 1.29 bits per heavy atom. The fraction of sp³-hybridized carbons (Fsp3) is 0.706. The van der Waals surface area contributed by atoms with Crippen LogP contribution >= 0.6 is 0 Å². The van der Waals surface area contributed by atoms with Crippen LogP contribution in [0.2, 0.25) is 0 Å². The second-order valence-electron chi connectivity index (χ2n) is 6.37. The van der Waals surface area contributed by atoms with E-state index in [1.165, 1.54) is 48.9 Å². The summed E-state index contributed by atoms with van der Waals surface area (Å²) in [5.74, 6) is 1.85. The van der Waals surface area contributed by atoms with Crippen LogP contribution in [0.5, 0.6) is 0 Å². The minimum absolute atomic E-state index is 0.591. The number of methoxy groups -OCH3 is 1. The van der Waals surface area contributed by atoms with Gasteiger partial charge in [-0.2, -0.15) is 0 Å². The molecule has 1 aliphatic carbocycles. The number of hydrogen-bond donors (Lipinski definition) is 1. The van der Waals surface area contributed by atoms with Gasteiger partial charge in [0.2, 0.25) is 0 Å². The topological polar surface area (TPSA) is 51.4 Å². The zero-order valence-corrected chi connectivity index (χ0v) is 13.1. The Morgan fingerprint density at radius 3 is 2.76 bits per heavy atom. The van der Waals surface area contributed by atoms with Crippen LogP contribution in [0, 0.1) is 5.92 Å². The normalized spacial score (nSPS) is 19.6. The lowest BCUT2D eigenvalue weighted by molar-refractivity contribution is 0.139. The molecule has 0 atom stereocenters. The van der Waals surface area contributed by atoms with Crippen molar-refractivity contribution in [2.75, 3.05) is 31.7 Å². The van der Waals surface area contributed by atoms with Gasteiger partial charge in [-0.15, -0.1) is 0 Å². The third-order valence-corrected chi connectivity index (χ3v) is 4.89. The van der Waals surface area contributed by atoms with Crippen LogP contribution in [0.1, 0.15) is 42.5 Å². The van der Waals surface area contributed by atoms with E-state index in [0.717, 1.165) is 31.9 Å². The maximum absolute atomic E-state index is 5.98. The Morgan fingerprint density at radius 2 is 2.05 bits per heavy atom. The smallest absolute Gasteiger partial charge is 0.133 e. The van der Waals surface area contributed by atoms with Gasteiger partial charge in [0.05, 0.1) is 0 Å². The summed E-state index contributed by atoms with van der Waals surface area (Å²) in [6, 6.07) is 2.32. The van der Waals surface area contributed by atoms with Crippen molar-refractivity contribution in [2.24, 2.45) is 11.7 Å². The predicted octanol–water partition coefficient (Wildman–Crippen LogP) is 2.28. The second kappa shape index (κ2) is 6.75. The quantitative estimate of drug-likeness (QED) is 0.924. The molecule has 116 valence electrons. The monoisotopic (exact) mass is 289 g/mol. The molecule has 1 aromatic heterocycles. The first-order valence-electron chi connectivity index (χ1n) is 8.27. The highest BCUT2D eigenvalue weighted by Gasteiger charge is 2.23. The number of nitrogens with zero attached hydrogens (tertiary/aromatic N) is 2. The molecule has 0 spiro atoms. The summed E-state index contributed by atoms with van der Waals surface area (Å²) in [4.78, 5) is 7.43. The number of aryl methyl sites for hydroxylation is 2. The summed E-state index contributed by atoms with van der Waals surface area (Å²) in [6.45, 7) is 3.63. The third kappa shape index (κ3) is 3.22. The first-order valence-corrected chi connectivity index (χ1v) is 8.27. The molecular formula is C17H27N3O. The fourth-order valence-corrected chi connectivity index (χ4v) is 3.64. The van der Waals surface area contributed by atoms with E-state index in [-0.39, 0.29) is 0 Å². The average Bonchev–Trinajstić information content (AvgIpc) is 2.54. The minimum atomic E-state index is 0.591. The molecule has 0 unspecified atom stereocenters. The number of ether oxygens (including phenoxy) is 1. The van der Waals surface area contributed by atoms with Crippen LogP contribution in [0.4, 0.5) is 5.82 Å². The fourth-order valence-electron chi connectivity index (χ4n) is 3.64. The van der Waals surface area contributed by atoms with Crippen LogP contribution in [0.3, 0.4) is 0 Å². The molecule has 0 saturated carbocycles. The molecule has 0 aromatic carbocycles. The molecule has 2 aliphatic rings. The average molecular weight is 289 g/mol. The lowest BCUT2D eigenvalue weighted by atomic mass is 9.93. The molecule has 0 amide bonds. The van der Waals surface area contributed by atoms with Crippen molar-refractivity contribution in [3.05, 3.63) is 22.9 Å². The zero-order valence-electron chi connectivity index (χ0n) is 13.1. The summed E-state index contributed by atoms with van der Waals surface area (Å²) >= 11 is 0. The van der Waals surface area contributed by atoms with Crippen LogP contribution in [-0.2, 0) is 24.1 Å². The molecule has 1 aromatic rings. The van der Waals surface area contributed by atoms with E-state index in [1.54, 1.807) is 7.11 Å². The molecule has 21 heavy (non-hydrogen) atoms. The highest BCUT2D eigenvalue weighted by Crippen LogP contribution is 2.29. The minimum Gasteiger partial charge on any atom is -0.384 e. The molecule has 0 bridgehead atoms. The van der Waals surface area contributed by atoms with Crippen molar-refractivity contribution in [2.45, 2.75) is 45.1 Å². The number of hydrogen-bond acceptors (Lipinski definition) is 4. The Labute approximate surface area is 127 Å². The van der Waals surface area contributed by atoms with E-state index in [2.05, 4.69) is 11.0 Å². The number of aromatic nitrogens is 1. The van der Waals surface area contributed by atoms with Crippen LogP contribution < -0.4 is 10.6 Å². The SMILES string of the molecule is COCC1CCN(c2nc3c(cc2CN)CCCC3)CC1. The zero-order chi connectivity index (χ0) is 14.7. The standard InChI is InChI=1S/C17H27N3O/c1-21-12-13-6-8-20(9-7-13)17-15(11-18)10-14-4-2-3-5-16(14)19-17/h10,13H,2-9,11-12,18H2,1H3. The molecule has 2 N–H and O–H groups in total. The van der Waals surface area contributed by atoms with Crippen LogP contribution in [0.15, 0.2) is 6.07 Å². The molecule has 1 saturated heterocycles. The van der Waals surface area contributed by atoms with Crippen molar-refractivity contribution in [1.82, 2.24) is 4.98 Å². The first kappa shape index (κ1) is 14.8. The van der Waals surface area contributed by atoms with Gasteiger partial charge in [0.1, 0.15) is 5.82 Å². The van der Waals surface area contributed by atoms with Gasteiger partial charge in [-0.25, -0.2) is 4.98 Å². The number of piperidine rings is 1. The molecule has 3 rings (SSSR count). The van der Waals surface area contributed by atoms with Gasteiger partial charge in [-0.3, -0.25) is 0 Å². The third-order valence-electron chi connectivity index (χ3n) is 4.89. The maximum atomic E-state index is 5.98. The molecule has 0 radical (unpaired) electrons. The second-order valence-corrected chi connectivity index (χ2v) is 6.37. The number of fused-ring (bicyclic) bond motifs is 1. The van der Waals surface area contributed by atoms with Gasteiger partial charge >= 0.3 is 0 Å². The van der Waals surface area contributed by atoms with E-state index in [4.69, 9.17) is 15.5 Å². The summed E-state index contributed by atoms with van der Waals surface area (Å²) < 4.78 is 5.29. The van der Waals surface area contributed by atoms with Gasteiger partial charge in [0.25, 0.3) is 0 Å². The van der Waals surface area contributed by atoms with Gasteiger partial charge in [0, 0.05) is 44.6 Å². The van der Waals surface area contributed by atoms with Crippen molar-refractivity contribution in [3.63, 3.8) is 0 Å². The van der Waals surface area contributed by atoms with Gasteiger partial charge < -0.3 is 15.4 Å². The van der Waals surface area contributed by atoms with E-state index in [9.17, 15) is 0 Å². The summed E-state index contributed by atoms with van der Waals surface area (Å²) in [5, 5.41) is 0. The lowest BCUT2D eigenvalue weighted by Crippen LogP contribution is -2.36. The van der Waals surface area contributed by atoms with Gasteiger partial charge in [-0.1, -0.05) is 0 Å². The Kier molecular flexibility index (Phi) is 4.76. The lowest BCUT2D eigenvalue weighted by Gasteiger charge is -2.34. The van der Waals surface area contributed by atoms with E-state index < -0.39 is 0 Å². The van der Waals surface area contributed by atoms with Crippen LogP contribution in [-0.4, -0.2) is 31.8 Å². The Bertz CT molecular complexity index is 481. The first-order chi connectivity index (χ1) is 10.3. The summed E-state index contributed by atoms with van der Waals surface area (Å²) in [7, 11) is 1.80. The van der Waals surface area contributed by atoms with E-state index in [0.29, 0.717) is 12.5 Å². The summed E-state index contributed by atoms with van der Waals surface area (Å²) in [6.07, 6.45) is 7.25. The van der Waals surface area contributed by atoms with Crippen molar-refractivity contribution in [1.29, 1.82) is 0 Å². The van der Waals surface area contributed by atoms with Crippen molar-refractivity contribution >= 4 is 5.82 Å². The number of rotatable bonds is 4. The molecule has 4 heteroatoms. The molecule has 4 nitrogen and oxygen atoms in total. The molecule has 2 heterocycles. The number of anilines is 1. The van der Waals surface area contributed by atoms with Gasteiger partial charge in [-0.05, 0) is 56.1 Å². The van der Waals surface area contributed by atoms with Crippen molar-refractivity contribution < 1.29 is 4.74 Å². The van der Waals surface area contributed by atoms with Crippen LogP contribution in [0.25, 0.3) is 0 Å².